The molecular formula is C23H20N4O6S. The van der Waals surface area contributed by atoms with Crippen molar-refractivity contribution in [1.29, 1.82) is 0 Å². The molecule has 0 bridgehead atoms. The van der Waals surface area contributed by atoms with Gasteiger partial charge in [0.15, 0.2) is 0 Å². The number of hydrogen-bond acceptors (Lipinski definition) is 6. The standard InChI is InChI=1S/C23H20N4O6S/c1-13-7-8-14(22(29)33-2)11-19(13)24-21(28)16-5-3-4-6-17(16)27-34(31,32)15-9-10-18-20(12-15)26-23(30)25-18/h3-12,27H,1-2H3,(H,24,28)(H2,25,26,30). The summed E-state index contributed by atoms with van der Waals surface area (Å²) in [4.78, 5) is 41.3. The molecule has 4 rings (SSSR count). The molecule has 11 heteroatoms. The number of anilines is 2. The first-order chi connectivity index (χ1) is 16.2. The van der Waals surface area contributed by atoms with E-state index in [1.54, 1.807) is 31.2 Å². The fourth-order valence-electron chi connectivity index (χ4n) is 3.34. The van der Waals surface area contributed by atoms with Gasteiger partial charge in [0.25, 0.3) is 15.9 Å². The van der Waals surface area contributed by atoms with Crippen LogP contribution in [-0.4, -0.2) is 37.4 Å². The van der Waals surface area contributed by atoms with E-state index in [-0.39, 0.29) is 21.7 Å². The predicted octanol–water partition coefficient (Wildman–Crippen LogP) is 3.00. The molecule has 1 amide bonds. The number of esters is 1. The number of para-hydroxylation sites is 1. The largest absolute Gasteiger partial charge is 0.465 e. The molecule has 0 unspecified atom stereocenters. The summed E-state index contributed by atoms with van der Waals surface area (Å²) in [5, 5.41) is 2.71. The van der Waals surface area contributed by atoms with Crippen molar-refractivity contribution in [3.63, 3.8) is 0 Å². The van der Waals surface area contributed by atoms with Crippen LogP contribution in [0.15, 0.2) is 70.4 Å². The van der Waals surface area contributed by atoms with E-state index in [1.165, 1.54) is 43.5 Å². The zero-order valence-corrected chi connectivity index (χ0v) is 18.9. The molecule has 4 aromatic rings. The molecule has 0 aliphatic rings. The smallest absolute Gasteiger partial charge is 0.337 e. The molecular weight excluding hydrogens is 460 g/mol. The van der Waals surface area contributed by atoms with Crippen molar-refractivity contribution in [2.45, 2.75) is 11.8 Å². The minimum Gasteiger partial charge on any atom is -0.465 e. The number of aromatic amines is 2. The molecule has 0 radical (unpaired) electrons. The summed E-state index contributed by atoms with van der Waals surface area (Å²) in [5.41, 5.74) is 1.82. The molecule has 0 saturated heterocycles. The van der Waals surface area contributed by atoms with Gasteiger partial charge in [0.2, 0.25) is 0 Å². The second-order valence-corrected chi connectivity index (χ2v) is 9.10. The third-order valence-corrected chi connectivity index (χ3v) is 6.48. The lowest BCUT2D eigenvalue weighted by Crippen LogP contribution is -2.19. The molecule has 0 aliphatic heterocycles. The molecule has 3 aromatic carbocycles. The summed E-state index contributed by atoms with van der Waals surface area (Å²) >= 11 is 0. The van der Waals surface area contributed by atoms with E-state index in [4.69, 9.17) is 4.74 Å². The van der Waals surface area contributed by atoms with Crippen molar-refractivity contribution in [3.8, 4) is 0 Å². The van der Waals surface area contributed by atoms with Crippen LogP contribution in [0.3, 0.4) is 0 Å². The lowest BCUT2D eigenvalue weighted by atomic mass is 10.1. The van der Waals surface area contributed by atoms with Gasteiger partial charge in [0, 0.05) is 5.69 Å². The number of benzene rings is 3. The van der Waals surface area contributed by atoms with Gasteiger partial charge in [-0.05, 0) is 55.0 Å². The van der Waals surface area contributed by atoms with Crippen molar-refractivity contribution >= 4 is 44.3 Å². The Morgan fingerprint density at radius 2 is 1.65 bits per heavy atom. The highest BCUT2D eigenvalue weighted by atomic mass is 32.2. The van der Waals surface area contributed by atoms with Gasteiger partial charge in [-0.15, -0.1) is 0 Å². The Hall–Kier alpha value is -4.38. The lowest BCUT2D eigenvalue weighted by molar-refractivity contribution is 0.0600. The van der Waals surface area contributed by atoms with E-state index in [9.17, 15) is 22.8 Å². The Morgan fingerprint density at radius 1 is 0.912 bits per heavy atom. The fraction of sp³-hybridized carbons (Fsp3) is 0.0870. The van der Waals surface area contributed by atoms with Crippen LogP contribution in [-0.2, 0) is 14.8 Å². The first-order valence-electron chi connectivity index (χ1n) is 10.0. The molecule has 10 nitrogen and oxygen atoms in total. The van der Waals surface area contributed by atoms with Crippen LogP contribution in [0.25, 0.3) is 11.0 Å². The molecule has 34 heavy (non-hydrogen) atoms. The fourth-order valence-corrected chi connectivity index (χ4v) is 4.45. The average Bonchev–Trinajstić information content (AvgIpc) is 3.19. The average molecular weight is 481 g/mol. The van der Waals surface area contributed by atoms with Gasteiger partial charge in [0.1, 0.15) is 0 Å². The number of imidazole rings is 1. The van der Waals surface area contributed by atoms with Gasteiger partial charge in [0.05, 0.1) is 39.9 Å². The molecule has 4 N–H and O–H groups in total. The van der Waals surface area contributed by atoms with Crippen LogP contribution >= 0.6 is 0 Å². The second kappa shape index (κ2) is 8.87. The van der Waals surface area contributed by atoms with E-state index in [0.29, 0.717) is 22.3 Å². The number of aromatic nitrogens is 2. The van der Waals surface area contributed by atoms with Crippen molar-refractivity contribution in [2.24, 2.45) is 0 Å². The van der Waals surface area contributed by atoms with E-state index in [1.807, 2.05) is 0 Å². The summed E-state index contributed by atoms with van der Waals surface area (Å²) in [5.74, 6) is -1.13. The maximum Gasteiger partial charge on any atom is 0.337 e. The Morgan fingerprint density at radius 3 is 2.41 bits per heavy atom. The summed E-state index contributed by atoms with van der Waals surface area (Å²) < 4.78 is 33.1. The highest BCUT2D eigenvalue weighted by molar-refractivity contribution is 7.92. The number of nitrogens with one attached hydrogen (secondary N) is 4. The van der Waals surface area contributed by atoms with Gasteiger partial charge in [-0.25, -0.2) is 18.0 Å². The van der Waals surface area contributed by atoms with E-state index in [0.717, 1.165) is 0 Å². The third-order valence-electron chi connectivity index (χ3n) is 5.12. The Labute approximate surface area is 194 Å². The summed E-state index contributed by atoms with van der Waals surface area (Å²) in [6.07, 6.45) is 0. The Balaban J connectivity index is 1.63. The van der Waals surface area contributed by atoms with E-state index < -0.39 is 27.6 Å². The van der Waals surface area contributed by atoms with Gasteiger partial charge in [-0.3, -0.25) is 9.52 Å². The number of carbonyl (C=O) groups excluding carboxylic acids is 2. The zero-order chi connectivity index (χ0) is 24.5. The molecule has 0 atom stereocenters. The number of carbonyl (C=O) groups is 2. The van der Waals surface area contributed by atoms with Gasteiger partial charge in [-0.2, -0.15) is 0 Å². The third kappa shape index (κ3) is 4.55. The number of sulfonamides is 1. The normalized spacial score (nSPS) is 11.2. The number of H-pyrrole nitrogens is 2. The van der Waals surface area contributed by atoms with Crippen LogP contribution in [0, 0.1) is 6.92 Å². The van der Waals surface area contributed by atoms with Crippen LogP contribution in [0.1, 0.15) is 26.3 Å². The molecule has 1 aromatic heterocycles. The minimum atomic E-state index is -4.08. The quantitative estimate of drug-likeness (QED) is 0.312. The van der Waals surface area contributed by atoms with Crippen molar-refractivity contribution in [2.75, 3.05) is 17.1 Å². The SMILES string of the molecule is COC(=O)c1ccc(C)c(NC(=O)c2ccccc2NS(=O)(=O)c2ccc3[nH]c(=O)[nH]c3c2)c1. The molecule has 0 fully saturated rings. The monoisotopic (exact) mass is 480 g/mol. The number of fused-ring (bicyclic) bond motifs is 1. The second-order valence-electron chi connectivity index (χ2n) is 7.41. The van der Waals surface area contributed by atoms with Crippen molar-refractivity contribution in [3.05, 3.63) is 87.8 Å². The topological polar surface area (TPSA) is 150 Å². The molecule has 0 saturated carbocycles. The number of aryl methyl sites for hydroxylation is 1. The van der Waals surface area contributed by atoms with Crippen LogP contribution in [0.4, 0.5) is 11.4 Å². The number of hydrogen-bond donors (Lipinski definition) is 4. The van der Waals surface area contributed by atoms with E-state index >= 15 is 0 Å². The maximum absolute atomic E-state index is 13.0. The Kier molecular flexibility index (Phi) is 5.95. The van der Waals surface area contributed by atoms with Crippen LogP contribution in [0.5, 0.6) is 0 Å². The van der Waals surface area contributed by atoms with Gasteiger partial charge >= 0.3 is 11.7 Å². The first-order valence-corrected chi connectivity index (χ1v) is 11.5. The number of methoxy groups -OCH3 is 1. The minimum absolute atomic E-state index is 0.0597. The summed E-state index contributed by atoms with van der Waals surface area (Å²) in [6, 6.07) is 15.0. The molecule has 1 heterocycles. The molecule has 0 spiro atoms. The highest BCUT2D eigenvalue weighted by Gasteiger charge is 2.20. The van der Waals surface area contributed by atoms with Crippen molar-refractivity contribution < 1.29 is 22.7 Å². The maximum atomic E-state index is 13.0. The summed E-state index contributed by atoms with van der Waals surface area (Å²) in [7, 11) is -2.82. The van der Waals surface area contributed by atoms with Gasteiger partial charge < -0.3 is 20.0 Å². The predicted molar refractivity (Wildman–Crippen MR) is 127 cm³/mol. The highest BCUT2D eigenvalue weighted by Crippen LogP contribution is 2.24. The van der Waals surface area contributed by atoms with Gasteiger partial charge in [-0.1, -0.05) is 18.2 Å². The lowest BCUT2D eigenvalue weighted by Gasteiger charge is -2.14. The number of rotatable bonds is 6. The van der Waals surface area contributed by atoms with Crippen molar-refractivity contribution in [1.82, 2.24) is 9.97 Å². The number of amides is 1. The van der Waals surface area contributed by atoms with Crippen LogP contribution < -0.4 is 15.7 Å². The van der Waals surface area contributed by atoms with E-state index in [2.05, 4.69) is 20.0 Å². The Bertz CT molecular complexity index is 1590. The molecule has 174 valence electrons. The zero-order valence-electron chi connectivity index (χ0n) is 18.1. The van der Waals surface area contributed by atoms with Crippen LogP contribution in [0.2, 0.25) is 0 Å². The first kappa shape index (κ1) is 22.8. The molecule has 0 aliphatic carbocycles. The summed E-state index contributed by atoms with van der Waals surface area (Å²) in [6.45, 7) is 1.76. The number of ether oxygens (including phenoxy) is 1.